The Labute approximate surface area is 217 Å². The van der Waals surface area contributed by atoms with E-state index < -0.39 is 11.9 Å². The van der Waals surface area contributed by atoms with Crippen LogP contribution >= 0.6 is 0 Å². The molecule has 0 unspecified atom stereocenters. The van der Waals surface area contributed by atoms with E-state index in [0.717, 1.165) is 52.2 Å². The van der Waals surface area contributed by atoms with Crippen LogP contribution < -0.4 is 0 Å². The molecular weight excluding hydrogens is 466 g/mol. The van der Waals surface area contributed by atoms with Crippen molar-refractivity contribution >= 4 is 33.7 Å². The van der Waals surface area contributed by atoms with Gasteiger partial charge in [-0.15, -0.1) is 0 Å². The number of piperazine rings is 1. The maximum atomic E-state index is 9.10. The van der Waals surface area contributed by atoms with E-state index in [4.69, 9.17) is 19.8 Å². The average molecular weight is 502 g/mol. The molecule has 7 nitrogen and oxygen atoms in total. The van der Waals surface area contributed by atoms with Crippen LogP contribution in [0.5, 0.6) is 0 Å². The first-order valence-electron chi connectivity index (χ1n) is 12.9. The number of aromatic nitrogens is 1. The summed E-state index contributed by atoms with van der Waals surface area (Å²) < 4.78 is 2.43. The number of hydrogen-bond acceptors (Lipinski definition) is 4. The number of rotatable bonds is 6. The number of nitrogens with zero attached hydrogens (tertiary/aromatic N) is 3. The molecule has 1 aliphatic heterocycles. The molecule has 0 atom stereocenters. The van der Waals surface area contributed by atoms with Gasteiger partial charge in [0.05, 0.1) is 0 Å². The van der Waals surface area contributed by atoms with Crippen LogP contribution in [0.25, 0.3) is 21.8 Å². The molecule has 4 aromatic rings. The highest BCUT2D eigenvalue weighted by Gasteiger charge is 2.18. The van der Waals surface area contributed by atoms with Crippen molar-refractivity contribution in [3.05, 3.63) is 83.4 Å². The van der Waals surface area contributed by atoms with Gasteiger partial charge in [-0.3, -0.25) is 9.80 Å². The van der Waals surface area contributed by atoms with Crippen molar-refractivity contribution in [1.82, 2.24) is 14.4 Å². The van der Waals surface area contributed by atoms with Crippen LogP contribution in [0.15, 0.2) is 66.7 Å². The third kappa shape index (κ3) is 6.37. The Morgan fingerprint density at radius 1 is 0.676 bits per heavy atom. The van der Waals surface area contributed by atoms with Crippen LogP contribution in [-0.4, -0.2) is 62.7 Å². The fraction of sp³-hybridized carbons (Fsp3) is 0.333. The van der Waals surface area contributed by atoms with Gasteiger partial charge < -0.3 is 14.8 Å². The number of aryl methyl sites for hydroxylation is 2. The van der Waals surface area contributed by atoms with Gasteiger partial charge in [-0.2, -0.15) is 0 Å². The van der Waals surface area contributed by atoms with Gasteiger partial charge in [-0.05, 0) is 48.2 Å². The van der Waals surface area contributed by atoms with Crippen LogP contribution in [0.2, 0.25) is 0 Å². The van der Waals surface area contributed by atoms with Crippen molar-refractivity contribution in [2.45, 2.75) is 39.9 Å². The Bertz CT molecular complexity index is 1360. The van der Waals surface area contributed by atoms with E-state index >= 15 is 0 Å². The largest absolute Gasteiger partial charge is 0.473 e. The SMILES string of the molecule is CCc1ccc(CN2CCN(Cc3ccc4c(c3)c3ccccc3n4CC)CC2)cc1.O=C(O)C(=O)O. The van der Waals surface area contributed by atoms with Gasteiger partial charge in [0.15, 0.2) is 0 Å². The van der Waals surface area contributed by atoms with Gasteiger partial charge in [0.1, 0.15) is 0 Å². The highest BCUT2D eigenvalue weighted by Crippen LogP contribution is 2.30. The minimum absolute atomic E-state index is 1.01. The Morgan fingerprint density at radius 2 is 1.19 bits per heavy atom. The fourth-order valence-corrected chi connectivity index (χ4v) is 5.04. The minimum Gasteiger partial charge on any atom is -0.473 e. The summed E-state index contributed by atoms with van der Waals surface area (Å²) in [5.74, 6) is -3.65. The van der Waals surface area contributed by atoms with E-state index in [1.54, 1.807) is 0 Å². The molecule has 1 fully saturated rings. The third-order valence-electron chi connectivity index (χ3n) is 7.04. The molecule has 7 heteroatoms. The van der Waals surface area contributed by atoms with Gasteiger partial charge in [0.25, 0.3) is 0 Å². The molecule has 3 aromatic carbocycles. The molecule has 0 aliphatic carbocycles. The predicted molar refractivity (Wildman–Crippen MR) is 147 cm³/mol. The van der Waals surface area contributed by atoms with Crippen LogP contribution in [0.3, 0.4) is 0 Å². The zero-order chi connectivity index (χ0) is 26.4. The van der Waals surface area contributed by atoms with E-state index in [-0.39, 0.29) is 0 Å². The van der Waals surface area contributed by atoms with Crippen molar-refractivity contribution in [3.63, 3.8) is 0 Å². The number of carboxylic acids is 2. The van der Waals surface area contributed by atoms with Crippen LogP contribution in [0, 0.1) is 0 Å². The number of aliphatic carboxylic acids is 2. The Kier molecular flexibility index (Phi) is 8.58. The van der Waals surface area contributed by atoms with E-state index in [1.165, 1.54) is 38.5 Å². The normalized spacial score (nSPS) is 14.4. The van der Waals surface area contributed by atoms with Crippen molar-refractivity contribution < 1.29 is 19.8 Å². The van der Waals surface area contributed by atoms with Crippen molar-refractivity contribution in [2.24, 2.45) is 0 Å². The highest BCUT2D eigenvalue weighted by molar-refractivity contribution is 6.27. The van der Waals surface area contributed by atoms with Crippen molar-refractivity contribution in [3.8, 4) is 0 Å². The maximum Gasteiger partial charge on any atom is 0.414 e. The minimum atomic E-state index is -1.82. The highest BCUT2D eigenvalue weighted by atomic mass is 16.4. The smallest absolute Gasteiger partial charge is 0.414 e. The molecule has 0 radical (unpaired) electrons. The molecule has 2 N–H and O–H groups in total. The van der Waals surface area contributed by atoms with Crippen LogP contribution in [0.4, 0.5) is 0 Å². The summed E-state index contributed by atoms with van der Waals surface area (Å²) >= 11 is 0. The second-order valence-corrected chi connectivity index (χ2v) is 9.45. The van der Waals surface area contributed by atoms with E-state index in [1.807, 2.05) is 0 Å². The fourth-order valence-electron chi connectivity index (χ4n) is 5.04. The molecule has 1 aromatic heterocycles. The van der Waals surface area contributed by atoms with Gasteiger partial charge >= 0.3 is 11.9 Å². The number of carbonyl (C=O) groups is 2. The molecule has 37 heavy (non-hydrogen) atoms. The van der Waals surface area contributed by atoms with Crippen molar-refractivity contribution in [1.29, 1.82) is 0 Å². The van der Waals surface area contributed by atoms with Crippen LogP contribution in [-0.2, 0) is 35.6 Å². The molecular formula is C30H35N3O4. The molecule has 0 saturated carbocycles. The van der Waals surface area contributed by atoms with Crippen LogP contribution in [0.1, 0.15) is 30.5 Å². The number of fused-ring (bicyclic) bond motifs is 3. The summed E-state index contributed by atoms with van der Waals surface area (Å²) in [6.45, 7) is 12.1. The Hall–Kier alpha value is -3.68. The molecule has 1 saturated heterocycles. The summed E-state index contributed by atoms with van der Waals surface area (Å²) in [4.78, 5) is 23.4. The zero-order valence-electron chi connectivity index (χ0n) is 21.6. The molecule has 0 amide bonds. The Morgan fingerprint density at radius 3 is 1.76 bits per heavy atom. The first-order chi connectivity index (χ1) is 17.9. The first-order valence-corrected chi connectivity index (χ1v) is 12.9. The number of benzene rings is 3. The molecule has 194 valence electrons. The first kappa shape index (κ1) is 26.4. The van der Waals surface area contributed by atoms with Gasteiger partial charge in [-0.1, -0.05) is 55.5 Å². The maximum absolute atomic E-state index is 9.10. The second-order valence-electron chi connectivity index (χ2n) is 9.45. The summed E-state index contributed by atoms with van der Waals surface area (Å²) in [6, 6.07) is 25.0. The summed E-state index contributed by atoms with van der Waals surface area (Å²) in [5, 5.41) is 17.6. The average Bonchev–Trinajstić information content (AvgIpc) is 3.23. The summed E-state index contributed by atoms with van der Waals surface area (Å²) in [7, 11) is 0. The number of para-hydroxylation sites is 1. The van der Waals surface area contributed by atoms with E-state index in [0.29, 0.717) is 0 Å². The van der Waals surface area contributed by atoms with E-state index in [2.05, 4.69) is 94.9 Å². The molecule has 5 rings (SSSR count). The summed E-state index contributed by atoms with van der Waals surface area (Å²) in [6.07, 6.45) is 1.11. The zero-order valence-corrected chi connectivity index (χ0v) is 21.6. The standard InChI is InChI=1S/C28H33N3.C2H2O4/c1-3-22-9-11-23(12-10-22)20-29-15-17-30(18-16-29)21-24-13-14-28-26(19-24)25-7-5-6-8-27(25)31(28)4-2;3-1(4)2(5)6/h5-14,19H,3-4,15-18,20-21H2,1-2H3;(H,3,4)(H,5,6). The van der Waals surface area contributed by atoms with Gasteiger partial charge in [-0.25, -0.2) is 9.59 Å². The monoisotopic (exact) mass is 501 g/mol. The second kappa shape index (κ2) is 12.0. The van der Waals surface area contributed by atoms with E-state index in [9.17, 15) is 0 Å². The molecule has 0 bridgehead atoms. The molecule has 1 aliphatic rings. The topological polar surface area (TPSA) is 86.0 Å². The number of hydrogen-bond donors (Lipinski definition) is 2. The van der Waals surface area contributed by atoms with Gasteiger partial charge in [0.2, 0.25) is 0 Å². The molecule has 0 spiro atoms. The lowest BCUT2D eigenvalue weighted by molar-refractivity contribution is -0.159. The lowest BCUT2D eigenvalue weighted by Crippen LogP contribution is -2.45. The quantitative estimate of drug-likeness (QED) is 0.368. The third-order valence-corrected chi connectivity index (χ3v) is 7.04. The number of carboxylic acid groups (broad SMARTS) is 2. The molecule has 2 heterocycles. The lowest BCUT2D eigenvalue weighted by atomic mass is 10.1. The summed E-state index contributed by atoms with van der Waals surface area (Å²) in [5.41, 5.74) is 6.98. The van der Waals surface area contributed by atoms with Crippen molar-refractivity contribution in [2.75, 3.05) is 26.2 Å². The Balaban J connectivity index is 0.000000480. The lowest BCUT2D eigenvalue weighted by Gasteiger charge is -2.34. The predicted octanol–water partition coefficient (Wildman–Crippen LogP) is 4.85. The van der Waals surface area contributed by atoms with Gasteiger partial charge in [0, 0.05) is 67.6 Å².